The monoisotopic (exact) mass is 210 g/mol. The van der Waals surface area contributed by atoms with Crippen LogP contribution in [-0.4, -0.2) is 49.7 Å². The second kappa shape index (κ2) is 3.94. The number of likely N-dealkylation sites (N-methyl/N-ethyl adjacent to an activating group) is 1. The van der Waals surface area contributed by atoms with Gasteiger partial charge in [-0.1, -0.05) is 12.2 Å². The lowest BCUT2D eigenvalue weighted by atomic mass is 10.2. The summed E-state index contributed by atoms with van der Waals surface area (Å²) in [5, 5.41) is 3.14. The average molecular weight is 210 g/mol. The van der Waals surface area contributed by atoms with Gasteiger partial charge in [0.2, 0.25) is 5.91 Å². The van der Waals surface area contributed by atoms with Crippen LogP contribution in [0.4, 0.5) is 0 Å². The lowest BCUT2D eigenvalue weighted by molar-refractivity contribution is -0.134. The summed E-state index contributed by atoms with van der Waals surface area (Å²) in [4.78, 5) is 13.9. The second-order valence-electron chi connectivity index (χ2n) is 4.37. The molecule has 1 N–H and O–H groups in total. The lowest BCUT2D eigenvalue weighted by Crippen LogP contribution is -2.49. The fourth-order valence-corrected chi connectivity index (χ4v) is 2.07. The molecule has 0 aromatic rings. The molecule has 1 saturated carbocycles. The molecule has 1 heterocycles. The molecular formula is C11H18N2O2. The van der Waals surface area contributed by atoms with Crippen LogP contribution in [0.3, 0.4) is 0 Å². The number of nitrogens with zero attached hydrogens (tertiary/aromatic N) is 1. The van der Waals surface area contributed by atoms with Gasteiger partial charge in [0.25, 0.3) is 0 Å². The molecule has 1 fully saturated rings. The summed E-state index contributed by atoms with van der Waals surface area (Å²) in [6.07, 6.45) is 6.03. The third-order valence-corrected chi connectivity index (χ3v) is 3.33. The van der Waals surface area contributed by atoms with Crippen LogP contribution >= 0.6 is 0 Å². The standard InChI is InChI=1S/C11H18N2O2/c1-13(11(5-6-11)8-15-2)10(14)9-4-3-7-12-9/h3-4,9,12H,5-8H2,1-2H3. The fourth-order valence-electron chi connectivity index (χ4n) is 2.07. The highest BCUT2D eigenvalue weighted by Crippen LogP contribution is 2.41. The predicted molar refractivity (Wildman–Crippen MR) is 57.5 cm³/mol. The molecule has 0 aromatic heterocycles. The van der Waals surface area contributed by atoms with Crippen molar-refractivity contribution in [1.29, 1.82) is 0 Å². The van der Waals surface area contributed by atoms with Crippen molar-refractivity contribution in [3.05, 3.63) is 12.2 Å². The van der Waals surface area contributed by atoms with E-state index in [2.05, 4.69) is 5.32 Å². The Hall–Kier alpha value is -0.870. The topological polar surface area (TPSA) is 41.6 Å². The molecular weight excluding hydrogens is 192 g/mol. The van der Waals surface area contributed by atoms with Crippen molar-refractivity contribution >= 4 is 5.91 Å². The van der Waals surface area contributed by atoms with Crippen LogP contribution in [-0.2, 0) is 9.53 Å². The van der Waals surface area contributed by atoms with Gasteiger partial charge in [0.15, 0.2) is 0 Å². The zero-order valence-electron chi connectivity index (χ0n) is 9.32. The summed E-state index contributed by atoms with van der Waals surface area (Å²) in [6.45, 7) is 1.44. The molecule has 4 heteroatoms. The van der Waals surface area contributed by atoms with Crippen molar-refractivity contribution in [3.63, 3.8) is 0 Å². The van der Waals surface area contributed by atoms with Crippen LogP contribution in [0.15, 0.2) is 12.2 Å². The van der Waals surface area contributed by atoms with Gasteiger partial charge in [-0.25, -0.2) is 0 Å². The maximum Gasteiger partial charge on any atom is 0.243 e. The van der Waals surface area contributed by atoms with Gasteiger partial charge in [-0.3, -0.25) is 10.1 Å². The van der Waals surface area contributed by atoms with Gasteiger partial charge in [-0.15, -0.1) is 0 Å². The first-order valence-electron chi connectivity index (χ1n) is 5.36. The first-order valence-corrected chi connectivity index (χ1v) is 5.36. The number of methoxy groups -OCH3 is 1. The zero-order valence-corrected chi connectivity index (χ0v) is 9.32. The first-order chi connectivity index (χ1) is 7.19. The van der Waals surface area contributed by atoms with E-state index >= 15 is 0 Å². The van der Waals surface area contributed by atoms with Crippen LogP contribution in [0, 0.1) is 0 Å². The van der Waals surface area contributed by atoms with Crippen molar-refractivity contribution in [1.82, 2.24) is 10.2 Å². The Balaban J connectivity index is 1.98. The van der Waals surface area contributed by atoms with E-state index in [0.29, 0.717) is 6.61 Å². The van der Waals surface area contributed by atoms with E-state index < -0.39 is 0 Å². The average Bonchev–Trinajstić information content (AvgIpc) is 2.82. The largest absolute Gasteiger partial charge is 0.382 e. The Kier molecular flexibility index (Phi) is 2.80. The molecule has 1 aliphatic carbocycles. The summed E-state index contributed by atoms with van der Waals surface area (Å²) in [7, 11) is 3.56. The summed E-state index contributed by atoms with van der Waals surface area (Å²) < 4.78 is 5.17. The van der Waals surface area contributed by atoms with Gasteiger partial charge in [-0.05, 0) is 12.8 Å². The Morgan fingerprint density at radius 3 is 2.87 bits per heavy atom. The van der Waals surface area contributed by atoms with Crippen molar-refractivity contribution in [2.24, 2.45) is 0 Å². The van der Waals surface area contributed by atoms with E-state index in [1.807, 2.05) is 24.1 Å². The van der Waals surface area contributed by atoms with E-state index in [-0.39, 0.29) is 17.5 Å². The van der Waals surface area contributed by atoms with Gasteiger partial charge in [0, 0.05) is 20.7 Å². The SMILES string of the molecule is COCC1(N(C)C(=O)C2C=CCN2)CC1. The highest BCUT2D eigenvalue weighted by atomic mass is 16.5. The predicted octanol–water partition coefficient (Wildman–Crippen LogP) is 0.152. The van der Waals surface area contributed by atoms with Crippen molar-refractivity contribution < 1.29 is 9.53 Å². The molecule has 1 aliphatic heterocycles. The number of ether oxygens (including phenoxy) is 1. The van der Waals surface area contributed by atoms with Crippen LogP contribution in [0.1, 0.15) is 12.8 Å². The lowest BCUT2D eigenvalue weighted by Gasteiger charge is -2.29. The van der Waals surface area contributed by atoms with Crippen molar-refractivity contribution in [2.45, 2.75) is 24.4 Å². The normalized spacial score (nSPS) is 26.7. The number of hydrogen-bond acceptors (Lipinski definition) is 3. The molecule has 0 saturated heterocycles. The van der Waals surface area contributed by atoms with E-state index in [1.165, 1.54) is 0 Å². The number of carbonyl (C=O) groups is 1. The number of hydrogen-bond donors (Lipinski definition) is 1. The number of nitrogens with one attached hydrogen (secondary N) is 1. The van der Waals surface area contributed by atoms with Crippen LogP contribution in [0.5, 0.6) is 0 Å². The molecule has 0 bridgehead atoms. The van der Waals surface area contributed by atoms with Crippen LogP contribution < -0.4 is 5.32 Å². The maximum absolute atomic E-state index is 12.1. The molecule has 4 nitrogen and oxygen atoms in total. The van der Waals surface area contributed by atoms with Crippen LogP contribution in [0.2, 0.25) is 0 Å². The molecule has 0 radical (unpaired) electrons. The van der Waals surface area contributed by atoms with E-state index in [4.69, 9.17) is 4.74 Å². The summed E-state index contributed by atoms with van der Waals surface area (Å²) in [5.41, 5.74) is -0.0239. The highest BCUT2D eigenvalue weighted by molar-refractivity contribution is 5.85. The minimum Gasteiger partial charge on any atom is -0.382 e. The van der Waals surface area contributed by atoms with Gasteiger partial charge < -0.3 is 9.64 Å². The molecule has 15 heavy (non-hydrogen) atoms. The molecule has 1 atom stereocenters. The smallest absolute Gasteiger partial charge is 0.243 e. The van der Waals surface area contributed by atoms with Crippen molar-refractivity contribution in [2.75, 3.05) is 27.3 Å². The number of carbonyl (C=O) groups excluding carboxylic acids is 1. The Morgan fingerprint density at radius 1 is 1.67 bits per heavy atom. The van der Waals surface area contributed by atoms with Crippen molar-refractivity contribution in [3.8, 4) is 0 Å². The minimum atomic E-state index is -0.135. The highest BCUT2D eigenvalue weighted by Gasteiger charge is 2.49. The minimum absolute atomic E-state index is 0.0239. The molecule has 0 spiro atoms. The Morgan fingerprint density at radius 2 is 2.40 bits per heavy atom. The first kappa shape index (κ1) is 10.6. The summed E-state index contributed by atoms with van der Waals surface area (Å²) in [5.74, 6) is 0.151. The van der Waals surface area contributed by atoms with Crippen LogP contribution in [0.25, 0.3) is 0 Å². The number of amides is 1. The summed E-state index contributed by atoms with van der Waals surface area (Å²) in [6, 6.07) is -0.135. The quantitative estimate of drug-likeness (QED) is 0.672. The third kappa shape index (κ3) is 1.92. The molecule has 1 unspecified atom stereocenters. The van der Waals surface area contributed by atoms with E-state index in [1.54, 1.807) is 7.11 Å². The molecule has 0 aromatic carbocycles. The van der Waals surface area contributed by atoms with E-state index in [9.17, 15) is 4.79 Å². The molecule has 2 rings (SSSR count). The second-order valence-corrected chi connectivity index (χ2v) is 4.37. The molecule has 2 aliphatic rings. The number of rotatable bonds is 4. The van der Waals surface area contributed by atoms with E-state index in [0.717, 1.165) is 19.4 Å². The Labute approximate surface area is 90.3 Å². The van der Waals surface area contributed by atoms with Gasteiger partial charge >= 0.3 is 0 Å². The maximum atomic E-state index is 12.1. The fraction of sp³-hybridized carbons (Fsp3) is 0.727. The van der Waals surface area contributed by atoms with Gasteiger partial charge in [0.1, 0.15) is 6.04 Å². The molecule has 1 amide bonds. The van der Waals surface area contributed by atoms with Gasteiger partial charge in [0.05, 0.1) is 12.1 Å². The van der Waals surface area contributed by atoms with Gasteiger partial charge in [-0.2, -0.15) is 0 Å². The summed E-state index contributed by atoms with van der Waals surface area (Å²) >= 11 is 0. The molecule has 84 valence electrons. The third-order valence-electron chi connectivity index (χ3n) is 3.33. The zero-order chi connectivity index (χ0) is 10.9. The Bertz CT molecular complexity index is 284.